The standard InChI is InChI=1S/C32H32N2O11S/c1-4-42-31(39)25(24-10-7-20-14-41-12-11-23(20)24)28(37)33-26-29(38)34-27(21(15-43-17(2)35)16-46-30(26)34)32(40)44-13-19-5-8-22(9-6-19)45-18(3)36/h5-6,8-9,11-12,14,25-26,30H,4,7,10,13,15-16H2,1-3H3,(H,33,37). The van der Waals surface area contributed by atoms with Crippen LogP contribution in [-0.4, -0.2) is 71.0 Å². The van der Waals surface area contributed by atoms with Gasteiger partial charge in [0.2, 0.25) is 5.91 Å². The summed E-state index contributed by atoms with van der Waals surface area (Å²) < 4.78 is 26.2. The number of carbonyl (C=O) groups excluding carboxylic acids is 6. The highest BCUT2D eigenvalue weighted by atomic mass is 32.2. The molecule has 1 fully saturated rings. The second-order valence-corrected chi connectivity index (χ2v) is 11.8. The molecule has 1 aromatic carbocycles. The number of hydrogen-bond donors (Lipinski definition) is 1. The predicted molar refractivity (Wildman–Crippen MR) is 161 cm³/mol. The molecular weight excluding hydrogens is 620 g/mol. The van der Waals surface area contributed by atoms with Crippen molar-refractivity contribution in [2.45, 2.75) is 51.6 Å². The zero-order valence-electron chi connectivity index (χ0n) is 25.4. The van der Waals surface area contributed by atoms with Crippen LogP contribution in [0.2, 0.25) is 0 Å². The van der Waals surface area contributed by atoms with Crippen LogP contribution < -0.4 is 10.1 Å². The van der Waals surface area contributed by atoms with Crippen LogP contribution in [0.5, 0.6) is 5.75 Å². The lowest BCUT2D eigenvalue weighted by atomic mass is 9.92. The Hall–Kier alpha value is -4.85. The Morgan fingerprint density at radius 1 is 1.02 bits per heavy atom. The van der Waals surface area contributed by atoms with Gasteiger partial charge in [0.15, 0.2) is 5.92 Å². The number of nitrogens with zero attached hydrogens (tertiary/aromatic N) is 1. The van der Waals surface area contributed by atoms with E-state index in [9.17, 15) is 28.8 Å². The van der Waals surface area contributed by atoms with Gasteiger partial charge in [-0.2, -0.15) is 0 Å². The minimum absolute atomic E-state index is 0.0678. The summed E-state index contributed by atoms with van der Waals surface area (Å²) in [6, 6.07) is 5.31. The minimum atomic E-state index is -1.27. The Kier molecular flexibility index (Phi) is 9.95. The van der Waals surface area contributed by atoms with Gasteiger partial charge in [-0.3, -0.25) is 28.9 Å². The van der Waals surface area contributed by atoms with E-state index < -0.39 is 53.0 Å². The number of allylic oxidation sites excluding steroid dienone is 3. The number of hydrogen-bond acceptors (Lipinski definition) is 12. The molecule has 0 bridgehead atoms. The number of nitrogens with one attached hydrogen (secondary N) is 1. The molecular formula is C32H32N2O11S. The third-order valence-corrected chi connectivity index (χ3v) is 8.89. The van der Waals surface area contributed by atoms with Gasteiger partial charge >= 0.3 is 23.9 Å². The van der Waals surface area contributed by atoms with Crippen LogP contribution >= 0.6 is 11.8 Å². The summed E-state index contributed by atoms with van der Waals surface area (Å²) in [7, 11) is 0. The Bertz CT molecular complexity index is 1590. The van der Waals surface area contributed by atoms with Crippen molar-refractivity contribution in [3.8, 4) is 5.75 Å². The average molecular weight is 653 g/mol. The Balaban J connectivity index is 1.33. The summed E-state index contributed by atoms with van der Waals surface area (Å²) in [5.41, 5.74) is 3.08. The van der Waals surface area contributed by atoms with Gasteiger partial charge in [0.25, 0.3) is 5.91 Å². The first-order chi connectivity index (χ1) is 22.1. The lowest BCUT2D eigenvalue weighted by molar-refractivity contribution is -0.156. The van der Waals surface area contributed by atoms with E-state index in [0.29, 0.717) is 35.3 Å². The van der Waals surface area contributed by atoms with Gasteiger partial charge in [-0.15, -0.1) is 11.8 Å². The normalized spacial score (nSPS) is 20.4. The molecule has 2 amide bonds. The smallest absolute Gasteiger partial charge is 0.355 e. The van der Waals surface area contributed by atoms with Crippen molar-refractivity contribution in [3.05, 3.63) is 76.4 Å². The molecule has 1 saturated heterocycles. The van der Waals surface area contributed by atoms with E-state index in [2.05, 4.69) is 5.32 Å². The number of esters is 4. The SMILES string of the molecule is CCOC(=O)C(C(=O)NC1C(=O)N2C(C(=O)OCc3ccc(OC(C)=O)cc3)=C(COC(C)=O)CSC12)C1=C2C=COC=C2CC1. The number of thioether (sulfide) groups is 1. The molecule has 3 unspecified atom stereocenters. The summed E-state index contributed by atoms with van der Waals surface area (Å²) in [6.07, 6.45) is 5.78. The molecule has 242 valence electrons. The van der Waals surface area contributed by atoms with Crippen molar-refractivity contribution in [3.63, 3.8) is 0 Å². The number of ether oxygens (including phenoxy) is 5. The fourth-order valence-corrected chi connectivity index (χ4v) is 6.82. The maximum absolute atomic E-state index is 13.7. The number of carbonyl (C=O) groups is 6. The van der Waals surface area contributed by atoms with Crippen LogP contribution in [0.3, 0.4) is 0 Å². The number of amides is 2. The number of benzene rings is 1. The quantitative estimate of drug-likeness (QED) is 0.122. The van der Waals surface area contributed by atoms with Crippen molar-refractivity contribution in [2.75, 3.05) is 19.0 Å². The fourth-order valence-electron chi connectivity index (χ4n) is 5.49. The topological polar surface area (TPSA) is 164 Å². The molecule has 1 aliphatic carbocycles. The van der Waals surface area contributed by atoms with E-state index in [1.165, 1.54) is 36.8 Å². The second kappa shape index (κ2) is 14.1. The molecule has 1 aromatic rings. The van der Waals surface area contributed by atoms with E-state index in [1.54, 1.807) is 43.5 Å². The van der Waals surface area contributed by atoms with E-state index >= 15 is 0 Å². The maximum Gasteiger partial charge on any atom is 0.355 e. The lowest BCUT2D eigenvalue weighted by Crippen LogP contribution is -2.71. The van der Waals surface area contributed by atoms with Crippen LogP contribution in [0.4, 0.5) is 0 Å². The summed E-state index contributed by atoms with van der Waals surface area (Å²) in [4.78, 5) is 77.6. The van der Waals surface area contributed by atoms with Gasteiger partial charge in [-0.25, -0.2) is 4.79 Å². The summed E-state index contributed by atoms with van der Waals surface area (Å²) in [6.45, 7) is 3.84. The molecule has 0 spiro atoms. The average Bonchev–Trinajstić information content (AvgIpc) is 3.45. The van der Waals surface area contributed by atoms with Gasteiger partial charge in [-0.05, 0) is 60.3 Å². The number of rotatable bonds is 11. The molecule has 1 N–H and O–H groups in total. The van der Waals surface area contributed by atoms with Crippen molar-refractivity contribution >= 4 is 47.5 Å². The highest BCUT2D eigenvalue weighted by Gasteiger charge is 2.55. The molecule has 5 rings (SSSR count). The van der Waals surface area contributed by atoms with Crippen molar-refractivity contribution in [1.29, 1.82) is 0 Å². The Morgan fingerprint density at radius 3 is 2.48 bits per heavy atom. The van der Waals surface area contributed by atoms with Crippen LogP contribution in [-0.2, 0) is 54.3 Å². The predicted octanol–water partition coefficient (Wildman–Crippen LogP) is 2.57. The number of fused-ring (bicyclic) bond motifs is 2. The van der Waals surface area contributed by atoms with Crippen LogP contribution in [0.15, 0.2) is 70.9 Å². The molecule has 3 aliphatic heterocycles. The largest absolute Gasteiger partial charge is 0.472 e. The van der Waals surface area contributed by atoms with E-state index in [1.807, 2.05) is 0 Å². The van der Waals surface area contributed by atoms with Crippen LogP contribution in [0.25, 0.3) is 0 Å². The van der Waals surface area contributed by atoms with Crippen LogP contribution in [0, 0.1) is 5.92 Å². The minimum Gasteiger partial charge on any atom is -0.472 e. The fraction of sp³-hybridized carbons (Fsp3) is 0.375. The summed E-state index contributed by atoms with van der Waals surface area (Å²) in [5.74, 6) is -4.57. The lowest BCUT2D eigenvalue weighted by Gasteiger charge is -2.49. The Labute approximate surface area is 268 Å². The molecule has 13 nitrogen and oxygen atoms in total. The molecule has 3 atom stereocenters. The summed E-state index contributed by atoms with van der Waals surface area (Å²) in [5, 5.41) is 2.05. The third kappa shape index (κ3) is 6.86. The van der Waals surface area contributed by atoms with Gasteiger partial charge < -0.3 is 29.0 Å². The van der Waals surface area contributed by atoms with Crippen molar-refractivity contribution in [2.24, 2.45) is 5.92 Å². The monoisotopic (exact) mass is 652 g/mol. The number of β-lactam (4-membered cyclic amide) rings is 1. The zero-order valence-corrected chi connectivity index (χ0v) is 26.2. The molecule has 0 aromatic heterocycles. The maximum atomic E-state index is 13.7. The van der Waals surface area contributed by atoms with Crippen LogP contribution in [0.1, 0.15) is 39.2 Å². The van der Waals surface area contributed by atoms with E-state index in [0.717, 1.165) is 11.1 Å². The summed E-state index contributed by atoms with van der Waals surface area (Å²) >= 11 is 1.28. The van der Waals surface area contributed by atoms with E-state index in [4.69, 9.17) is 23.7 Å². The van der Waals surface area contributed by atoms with Crippen molar-refractivity contribution in [1.82, 2.24) is 10.2 Å². The molecule has 0 saturated carbocycles. The van der Waals surface area contributed by atoms with E-state index in [-0.39, 0.29) is 31.3 Å². The third-order valence-electron chi connectivity index (χ3n) is 7.55. The molecule has 0 radical (unpaired) electrons. The second-order valence-electron chi connectivity index (χ2n) is 10.6. The molecule has 46 heavy (non-hydrogen) atoms. The molecule has 14 heteroatoms. The van der Waals surface area contributed by atoms with Gasteiger partial charge in [-0.1, -0.05) is 12.1 Å². The first-order valence-electron chi connectivity index (χ1n) is 14.5. The highest BCUT2D eigenvalue weighted by Crippen LogP contribution is 2.42. The zero-order chi connectivity index (χ0) is 33.0. The first-order valence-corrected chi connectivity index (χ1v) is 15.6. The van der Waals surface area contributed by atoms with Gasteiger partial charge in [0.1, 0.15) is 36.1 Å². The molecule has 4 aliphatic rings. The van der Waals surface area contributed by atoms with Crippen molar-refractivity contribution < 1.29 is 52.5 Å². The van der Waals surface area contributed by atoms with Gasteiger partial charge in [0.05, 0.1) is 19.1 Å². The van der Waals surface area contributed by atoms with Gasteiger partial charge in [0, 0.05) is 25.2 Å². The molecule has 3 heterocycles. The Morgan fingerprint density at radius 2 is 1.78 bits per heavy atom. The first kappa shape index (κ1) is 32.5. The highest BCUT2D eigenvalue weighted by molar-refractivity contribution is 8.00.